The molecule has 0 bridgehead atoms. The zero-order chi connectivity index (χ0) is 12.3. The lowest BCUT2D eigenvalue weighted by Gasteiger charge is -2.11. The summed E-state index contributed by atoms with van der Waals surface area (Å²) in [6.07, 6.45) is 4.27. The third-order valence-electron chi connectivity index (χ3n) is 2.90. The normalized spacial score (nSPS) is 23.6. The summed E-state index contributed by atoms with van der Waals surface area (Å²) in [4.78, 5) is 16.1. The van der Waals surface area contributed by atoms with Gasteiger partial charge in [0.05, 0.1) is 19.4 Å². The minimum Gasteiger partial charge on any atom is -0.495 e. The van der Waals surface area contributed by atoms with Crippen molar-refractivity contribution in [3.05, 3.63) is 24.0 Å². The summed E-state index contributed by atoms with van der Waals surface area (Å²) < 4.78 is 10.6. The quantitative estimate of drug-likeness (QED) is 0.782. The predicted molar refractivity (Wildman–Crippen MR) is 62.1 cm³/mol. The zero-order valence-electron chi connectivity index (χ0n) is 9.76. The number of methoxy groups -OCH3 is 1. The number of hydrogen-bond acceptors (Lipinski definition) is 5. The molecule has 1 aromatic rings. The van der Waals surface area contributed by atoms with Crippen LogP contribution in [-0.4, -0.2) is 36.6 Å². The molecule has 2 rings (SSSR count). The monoisotopic (exact) mass is 236 g/mol. The Morgan fingerprint density at radius 3 is 3.06 bits per heavy atom. The number of pyridine rings is 1. The molecule has 0 aliphatic carbocycles. The summed E-state index contributed by atoms with van der Waals surface area (Å²) in [5.41, 5.74) is 6.03. The van der Waals surface area contributed by atoms with E-state index in [1.165, 1.54) is 6.20 Å². The summed E-state index contributed by atoms with van der Waals surface area (Å²) in [6.45, 7) is 0.458. The lowest BCUT2D eigenvalue weighted by atomic mass is 10.1. The van der Waals surface area contributed by atoms with E-state index in [1.54, 1.807) is 19.4 Å². The van der Waals surface area contributed by atoms with Crippen LogP contribution in [0.2, 0.25) is 0 Å². The van der Waals surface area contributed by atoms with Crippen LogP contribution in [0.4, 0.5) is 0 Å². The molecular formula is C12H16N2O3. The molecule has 0 radical (unpaired) electrons. The van der Waals surface area contributed by atoms with Gasteiger partial charge >= 0.3 is 0 Å². The molecule has 0 amide bonds. The molecule has 17 heavy (non-hydrogen) atoms. The lowest BCUT2D eigenvalue weighted by molar-refractivity contribution is 0.0403. The Balaban J connectivity index is 2.09. The van der Waals surface area contributed by atoms with E-state index in [0.717, 1.165) is 12.8 Å². The first-order chi connectivity index (χ1) is 8.24. The van der Waals surface area contributed by atoms with E-state index in [4.69, 9.17) is 15.2 Å². The van der Waals surface area contributed by atoms with Gasteiger partial charge < -0.3 is 15.2 Å². The molecule has 0 spiro atoms. The summed E-state index contributed by atoms with van der Waals surface area (Å²) >= 11 is 0. The van der Waals surface area contributed by atoms with Crippen molar-refractivity contribution < 1.29 is 14.3 Å². The fourth-order valence-electron chi connectivity index (χ4n) is 1.92. The molecule has 1 aliphatic heterocycles. The number of Topliss-reactive ketones (excluding diaryl/α,β-unsaturated/α-hetero) is 1. The first-order valence-electron chi connectivity index (χ1n) is 5.63. The number of nitrogens with two attached hydrogens (primary N) is 1. The van der Waals surface area contributed by atoms with Crippen molar-refractivity contribution in [3.63, 3.8) is 0 Å². The number of nitrogens with zero attached hydrogens (tertiary/aromatic N) is 1. The second-order valence-electron chi connectivity index (χ2n) is 4.04. The number of rotatable bonds is 4. The van der Waals surface area contributed by atoms with Crippen LogP contribution in [0, 0.1) is 0 Å². The van der Waals surface area contributed by atoms with E-state index >= 15 is 0 Å². The fraction of sp³-hybridized carbons (Fsp3) is 0.500. The second kappa shape index (κ2) is 5.25. The largest absolute Gasteiger partial charge is 0.495 e. The molecule has 1 saturated heterocycles. The topological polar surface area (TPSA) is 74.4 Å². The van der Waals surface area contributed by atoms with Gasteiger partial charge in [0.1, 0.15) is 11.9 Å². The maximum atomic E-state index is 12.1. The van der Waals surface area contributed by atoms with E-state index in [0.29, 0.717) is 17.9 Å². The molecule has 2 unspecified atom stereocenters. The lowest BCUT2D eigenvalue weighted by Crippen LogP contribution is -2.25. The SMILES string of the molecule is COc1cncc(C(=O)C2CCC(CN)O2)c1. The van der Waals surface area contributed by atoms with E-state index in [9.17, 15) is 4.79 Å². The number of ketones is 1. The molecule has 1 fully saturated rings. The summed E-state index contributed by atoms with van der Waals surface area (Å²) in [5.74, 6) is 0.525. The Hall–Kier alpha value is -1.46. The molecule has 0 saturated carbocycles. The van der Waals surface area contributed by atoms with Gasteiger partial charge in [-0.3, -0.25) is 9.78 Å². The van der Waals surface area contributed by atoms with Crippen molar-refractivity contribution in [2.45, 2.75) is 25.0 Å². The van der Waals surface area contributed by atoms with Gasteiger partial charge in [0.2, 0.25) is 0 Å². The van der Waals surface area contributed by atoms with Crippen LogP contribution >= 0.6 is 0 Å². The number of carbonyl (C=O) groups excluding carboxylic acids is 1. The fourth-order valence-corrected chi connectivity index (χ4v) is 1.92. The molecule has 5 heteroatoms. The Labute approximate surface area is 99.9 Å². The molecule has 1 aromatic heterocycles. The molecular weight excluding hydrogens is 220 g/mol. The Kier molecular flexibility index (Phi) is 3.71. The Bertz CT molecular complexity index is 408. The molecule has 1 aliphatic rings. The van der Waals surface area contributed by atoms with Crippen LogP contribution in [0.1, 0.15) is 23.2 Å². The number of hydrogen-bond donors (Lipinski definition) is 1. The van der Waals surface area contributed by atoms with Crippen molar-refractivity contribution >= 4 is 5.78 Å². The molecule has 2 atom stereocenters. The van der Waals surface area contributed by atoms with Crippen LogP contribution in [0.5, 0.6) is 5.75 Å². The maximum absolute atomic E-state index is 12.1. The summed E-state index contributed by atoms with van der Waals surface area (Å²) in [7, 11) is 1.54. The van der Waals surface area contributed by atoms with Gasteiger partial charge in [-0.25, -0.2) is 0 Å². The van der Waals surface area contributed by atoms with Crippen LogP contribution in [0.3, 0.4) is 0 Å². The van der Waals surface area contributed by atoms with Crippen LogP contribution < -0.4 is 10.5 Å². The predicted octanol–water partition coefficient (Wildman–Crippen LogP) is 0.779. The summed E-state index contributed by atoms with van der Waals surface area (Å²) in [5, 5.41) is 0. The number of aromatic nitrogens is 1. The van der Waals surface area contributed by atoms with Gasteiger partial charge in [-0.05, 0) is 18.9 Å². The van der Waals surface area contributed by atoms with E-state index in [2.05, 4.69) is 4.98 Å². The molecule has 5 nitrogen and oxygen atoms in total. The average molecular weight is 236 g/mol. The maximum Gasteiger partial charge on any atom is 0.193 e. The van der Waals surface area contributed by atoms with Gasteiger partial charge in [-0.15, -0.1) is 0 Å². The van der Waals surface area contributed by atoms with Gasteiger partial charge in [0, 0.05) is 18.3 Å². The van der Waals surface area contributed by atoms with Gasteiger partial charge in [0.25, 0.3) is 0 Å². The first kappa shape index (κ1) is 12.0. The molecule has 2 heterocycles. The van der Waals surface area contributed by atoms with Gasteiger partial charge in [-0.2, -0.15) is 0 Å². The van der Waals surface area contributed by atoms with Crippen LogP contribution in [-0.2, 0) is 4.74 Å². The van der Waals surface area contributed by atoms with Crippen molar-refractivity contribution in [1.29, 1.82) is 0 Å². The smallest absolute Gasteiger partial charge is 0.193 e. The van der Waals surface area contributed by atoms with E-state index in [-0.39, 0.29) is 11.9 Å². The van der Waals surface area contributed by atoms with Gasteiger partial charge in [0.15, 0.2) is 5.78 Å². The van der Waals surface area contributed by atoms with Gasteiger partial charge in [-0.1, -0.05) is 0 Å². The zero-order valence-corrected chi connectivity index (χ0v) is 9.76. The van der Waals surface area contributed by atoms with Crippen molar-refractivity contribution in [3.8, 4) is 5.75 Å². The second-order valence-corrected chi connectivity index (χ2v) is 4.04. The van der Waals surface area contributed by atoms with E-state index in [1.807, 2.05) is 0 Å². The minimum absolute atomic E-state index is 0.00233. The number of ether oxygens (including phenoxy) is 2. The highest BCUT2D eigenvalue weighted by Gasteiger charge is 2.30. The van der Waals surface area contributed by atoms with Crippen molar-refractivity contribution in [2.24, 2.45) is 5.73 Å². The van der Waals surface area contributed by atoms with Crippen LogP contribution in [0.25, 0.3) is 0 Å². The third kappa shape index (κ3) is 2.62. The summed E-state index contributed by atoms with van der Waals surface area (Å²) in [6, 6.07) is 1.68. The standard InChI is InChI=1S/C12H16N2O3/c1-16-10-4-8(6-14-7-10)12(15)11-3-2-9(5-13)17-11/h4,6-7,9,11H,2-3,5,13H2,1H3. The van der Waals surface area contributed by atoms with E-state index < -0.39 is 6.10 Å². The third-order valence-corrected chi connectivity index (χ3v) is 2.90. The highest BCUT2D eigenvalue weighted by atomic mass is 16.5. The molecule has 0 aromatic carbocycles. The average Bonchev–Trinajstić information content (AvgIpc) is 2.86. The number of carbonyl (C=O) groups is 1. The molecule has 92 valence electrons. The highest BCUT2D eigenvalue weighted by Crippen LogP contribution is 2.23. The van der Waals surface area contributed by atoms with Crippen LogP contribution in [0.15, 0.2) is 18.5 Å². The van der Waals surface area contributed by atoms with Crippen molar-refractivity contribution in [2.75, 3.05) is 13.7 Å². The minimum atomic E-state index is -0.391. The Morgan fingerprint density at radius 2 is 2.41 bits per heavy atom. The Morgan fingerprint density at radius 1 is 1.59 bits per heavy atom. The highest BCUT2D eigenvalue weighted by molar-refractivity contribution is 5.99. The first-order valence-corrected chi connectivity index (χ1v) is 5.63. The van der Waals surface area contributed by atoms with Crippen molar-refractivity contribution in [1.82, 2.24) is 4.98 Å². The molecule has 2 N–H and O–H groups in total.